The van der Waals surface area contributed by atoms with E-state index in [-0.39, 0.29) is 18.0 Å². The number of anilines is 1. The summed E-state index contributed by atoms with van der Waals surface area (Å²) in [4.78, 5) is 24.4. The van der Waals surface area contributed by atoms with Crippen LogP contribution in [0.2, 0.25) is 0 Å². The van der Waals surface area contributed by atoms with Crippen molar-refractivity contribution in [2.45, 2.75) is 13.3 Å². The van der Waals surface area contributed by atoms with E-state index in [2.05, 4.69) is 21.2 Å². The molecule has 0 aromatic heterocycles. The summed E-state index contributed by atoms with van der Waals surface area (Å²) in [5.74, 6) is -0.849. The fourth-order valence-corrected chi connectivity index (χ4v) is 3.94. The predicted octanol–water partition coefficient (Wildman–Crippen LogP) is 5.91. The third-order valence-electron chi connectivity index (χ3n) is 5.00. The lowest BCUT2D eigenvalue weighted by Gasteiger charge is -2.13. The Morgan fingerprint density at radius 1 is 1.14 bits per heavy atom. The van der Waals surface area contributed by atoms with E-state index in [0.717, 1.165) is 11.1 Å². The Bertz CT molecular complexity index is 1310. The van der Waals surface area contributed by atoms with Gasteiger partial charge in [-0.2, -0.15) is 5.26 Å². The highest BCUT2D eigenvalue weighted by Gasteiger charge is 2.14. The highest BCUT2D eigenvalue weighted by molar-refractivity contribution is 9.10. The van der Waals surface area contributed by atoms with Gasteiger partial charge < -0.3 is 14.8 Å². The first kappa shape index (κ1) is 25.7. The Morgan fingerprint density at radius 3 is 2.51 bits per heavy atom. The van der Waals surface area contributed by atoms with E-state index in [9.17, 15) is 19.2 Å². The number of carbonyl (C=O) groups is 2. The predicted molar refractivity (Wildman–Crippen MR) is 135 cm³/mol. The Labute approximate surface area is 211 Å². The van der Waals surface area contributed by atoms with Crippen LogP contribution in [0.25, 0.3) is 6.08 Å². The molecule has 0 bridgehead atoms. The van der Waals surface area contributed by atoms with Gasteiger partial charge in [0.25, 0.3) is 5.91 Å². The maximum absolute atomic E-state index is 13.6. The molecule has 3 aromatic rings. The lowest BCUT2D eigenvalue weighted by atomic mass is 10.0. The van der Waals surface area contributed by atoms with Crippen LogP contribution in [0.4, 0.5) is 10.1 Å². The Kier molecular flexibility index (Phi) is 8.76. The van der Waals surface area contributed by atoms with Gasteiger partial charge in [-0.1, -0.05) is 28.1 Å². The zero-order valence-corrected chi connectivity index (χ0v) is 20.7. The van der Waals surface area contributed by atoms with Gasteiger partial charge in [0.05, 0.1) is 19.3 Å². The van der Waals surface area contributed by atoms with E-state index in [0.29, 0.717) is 33.5 Å². The molecule has 0 aliphatic heterocycles. The third kappa shape index (κ3) is 6.78. The van der Waals surface area contributed by atoms with E-state index in [1.165, 1.54) is 37.5 Å². The lowest BCUT2D eigenvalue weighted by molar-refractivity contribution is -0.112. The van der Waals surface area contributed by atoms with E-state index < -0.39 is 11.9 Å². The van der Waals surface area contributed by atoms with Crippen LogP contribution < -0.4 is 10.1 Å². The van der Waals surface area contributed by atoms with Crippen molar-refractivity contribution in [3.63, 3.8) is 0 Å². The number of nitriles is 1. The largest absolute Gasteiger partial charge is 0.496 e. The van der Waals surface area contributed by atoms with Gasteiger partial charge in [0.2, 0.25) is 0 Å². The topological polar surface area (TPSA) is 88.4 Å². The van der Waals surface area contributed by atoms with Crippen LogP contribution >= 0.6 is 15.9 Å². The van der Waals surface area contributed by atoms with Gasteiger partial charge in [-0.05, 0) is 72.7 Å². The fraction of sp³-hybridized carbons (Fsp3) is 0.148. The number of esters is 1. The van der Waals surface area contributed by atoms with E-state index in [1.54, 1.807) is 37.3 Å². The van der Waals surface area contributed by atoms with Crippen LogP contribution in [-0.4, -0.2) is 25.6 Å². The van der Waals surface area contributed by atoms with Gasteiger partial charge >= 0.3 is 5.97 Å². The highest BCUT2D eigenvalue weighted by atomic mass is 79.9. The lowest BCUT2D eigenvalue weighted by Crippen LogP contribution is -2.13. The number of methoxy groups -OCH3 is 1. The van der Waals surface area contributed by atoms with E-state index >= 15 is 0 Å². The van der Waals surface area contributed by atoms with Crippen molar-refractivity contribution < 1.29 is 23.5 Å². The molecule has 0 aliphatic carbocycles. The molecule has 0 atom stereocenters. The first-order valence-corrected chi connectivity index (χ1v) is 11.4. The maximum atomic E-state index is 13.6. The van der Waals surface area contributed by atoms with Gasteiger partial charge in [0.1, 0.15) is 23.2 Å². The summed E-state index contributed by atoms with van der Waals surface area (Å²) in [5, 5.41) is 12.2. The van der Waals surface area contributed by atoms with Crippen molar-refractivity contribution >= 4 is 39.6 Å². The summed E-state index contributed by atoms with van der Waals surface area (Å²) in [6.45, 7) is 1.98. The summed E-state index contributed by atoms with van der Waals surface area (Å²) in [5.41, 5.74) is 2.82. The summed E-state index contributed by atoms with van der Waals surface area (Å²) in [6, 6.07) is 17.9. The molecule has 1 N–H and O–H groups in total. The molecule has 0 unspecified atom stereocenters. The van der Waals surface area contributed by atoms with Crippen LogP contribution in [0.5, 0.6) is 5.75 Å². The molecule has 0 fully saturated rings. The van der Waals surface area contributed by atoms with Gasteiger partial charge in [-0.15, -0.1) is 0 Å². The minimum absolute atomic E-state index is 0.119. The SMILES string of the molecule is CCOC(=O)c1ccc(NC(=O)/C(C#N)=C/c2cc(Br)c(Cc3cccc(F)c3)c(OC)c2)cc1. The second kappa shape index (κ2) is 12.0. The average Bonchev–Trinajstić information content (AvgIpc) is 2.84. The van der Waals surface area contributed by atoms with Crippen molar-refractivity contribution in [3.8, 4) is 11.8 Å². The molecule has 1 amide bonds. The molecule has 0 aliphatic rings. The van der Waals surface area contributed by atoms with E-state index in [1.807, 2.05) is 12.1 Å². The van der Waals surface area contributed by atoms with Crippen LogP contribution in [0.1, 0.15) is 34.0 Å². The molecule has 0 saturated carbocycles. The Morgan fingerprint density at radius 2 is 1.89 bits per heavy atom. The molecule has 8 heteroatoms. The number of hydrogen-bond acceptors (Lipinski definition) is 5. The molecule has 178 valence electrons. The standard InChI is InChI=1S/C27H22BrFN2O4/c1-3-35-27(33)19-7-9-22(10-8-19)31-26(32)20(16-30)11-18-14-24(28)23(25(15-18)34-2)13-17-5-4-6-21(29)12-17/h4-12,14-15H,3,13H2,1-2H3,(H,31,32)/b20-11+. The van der Waals surface area contributed by atoms with Crippen LogP contribution in [-0.2, 0) is 16.0 Å². The van der Waals surface area contributed by atoms with Crippen LogP contribution in [0.3, 0.4) is 0 Å². The number of carbonyl (C=O) groups excluding carboxylic acids is 2. The first-order valence-electron chi connectivity index (χ1n) is 10.7. The van der Waals surface area contributed by atoms with Crippen LogP contribution in [0, 0.1) is 17.1 Å². The molecule has 0 spiro atoms. The highest BCUT2D eigenvalue weighted by Crippen LogP contribution is 2.32. The van der Waals surface area contributed by atoms with Gasteiger partial charge in [-0.25, -0.2) is 9.18 Å². The van der Waals surface area contributed by atoms with Crippen LogP contribution in [0.15, 0.2) is 70.7 Å². The third-order valence-corrected chi connectivity index (χ3v) is 5.70. The van der Waals surface area contributed by atoms with Crippen molar-refractivity contribution in [1.29, 1.82) is 5.26 Å². The smallest absolute Gasteiger partial charge is 0.338 e. The number of ether oxygens (including phenoxy) is 2. The normalized spacial score (nSPS) is 10.9. The molecule has 3 aromatic carbocycles. The first-order chi connectivity index (χ1) is 16.8. The molecule has 0 saturated heterocycles. The second-order valence-electron chi connectivity index (χ2n) is 7.41. The quantitative estimate of drug-likeness (QED) is 0.219. The fourth-order valence-electron chi connectivity index (χ4n) is 3.34. The number of amides is 1. The second-order valence-corrected chi connectivity index (χ2v) is 8.27. The maximum Gasteiger partial charge on any atom is 0.338 e. The molecule has 6 nitrogen and oxygen atoms in total. The number of benzene rings is 3. The summed E-state index contributed by atoms with van der Waals surface area (Å²) < 4.78 is 24.7. The number of nitrogens with zero attached hydrogens (tertiary/aromatic N) is 1. The number of halogens is 2. The number of rotatable bonds is 8. The number of hydrogen-bond donors (Lipinski definition) is 1. The van der Waals surface area contributed by atoms with Crippen molar-refractivity contribution in [3.05, 3.63) is 98.8 Å². The zero-order valence-electron chi connectivity index (χ0n) is 19.1. The summed E-state index contributed by atoms with van der Waals surface area (Å²) >= 11 is 3.52. The van der Waals surface area contributed by atoms with Gasteiger partial charge in [0.15, 0.2) is 0 Å². The molecular weight excluding hydrogens is 515 g/mol. The molecule has 0 heterocycles. The van der Waals surface area contributed by atoms with E-state index in [4.69, 9.17) is 9.47 Å². The molecular formula is C27H22BrFN2O4. The number of nitrogens with one attached hydrogen (secondary N) is 1. The monoisotopic (exact) mass is 536 g/mol. The minimum Gasteiger partial charge on any atom is -0.496 e. The molecule has 35 heavy (non-hydrogen) atoms. The average molecular weight is 537 g/mol. The van der Waals surface area contributed by atoms with Crippen molar-refractivity contribution in [1.82, 2.24) is 0 Å². The van der Waals surface area contributed by atoms with Gasteiger partial charge in [0, 0.05) is 22.1 Å². The zero-order chi connectivity index (χ0) is 25.4. The Balaban J connectivity index is 1.81. The molecule has 3 rings (SSSR count). The summed E-state index contributed by atoms with van der Waals surface area (Å²) in [6.07, 6.45) is 1.88. The van der Waals surface area contributed by atoms with Crippen molar-refractivity contribution in [2.24, 2.45) is 0 Å². The molecule has 0 radical (unpaired) electrons. The Hall–Kier alpha value is -3.96. The summed E-state index contributed by atoms with van der Waals surface area (Å²) in [7, 11) is 1.52. The van der Waals surface area contributed by atoms with Gasteiger partial charge in [-0.3, -0.25) is 4.79 Å². The minimum atomic E-state index is -0.602. The van der Waals surface area contributed by atoms with Crippen molar-refractivity contribution in [2.75, 3.05) is 19.0 Å².